The molecule has 0 radical (unpaired) electrons. The predicted octanol–water partition coefficient (Wildman–Crippen LogP) is 17.1. The molecule has 5 N–H and O–H groups in total. The Morgan fingerprint density at radius 3 is 0.757 bits per heavy atom. The van der Waals surface area contributed by atoms with Crippen LogP contribution in [0.1, 0.15) is 70.2 Å². The molecule has 376 valence electrons. The summed E-state index contributed by atoms with van der Waals surface area (Å²) in [5, 5.41) is 18.9. The first-order valence-electron chi connectivity index (χ1n) is 24.5. The highest BCUT2D eigenvalue weighted by atomic mass is 79.9. The van der Waals surface area contributed by atoms with Gasteiger partial charge in [-0.2, -0.15) is 0 Å². The Morgan fingerprint density at radius 2 is 0.529 bits per heavy atom. The Bertz CT molecular complexity index is 2680. The minimum absolute atomic E-state index is 0. The van der Waals surface area contributed by atoms with Crippen LogP contribution in [0.2, 0.25) is 0 Å². The van der Waals surface area contributed by atoms with Gasteiger partial charge < -0.3 is 31.5 Å². The Morgan fingerprint density at radius 1 is 0.329 bits per heavy atom. The summed E-state index contributed by atoms with van der Waals surface area (Å²) in [4.78, 5) is 7.41. The highest BCUT2D eigenvalue weighted by Gasteiger charge is 2.19. The molecule has 0 atom stereocenters. The van der Waals surface area contributed by atoms with Crippen LogP contribution in [0.25, 0.3) is 64.6 Å². The van der Waals surface area contributed by atoms with Crippen molar-refractivity contribution in [2.24, 2.45) is 11.5 Å². The van der Waals surface area contributed by atoms with E-state index in [0.717, 1.165) is 52.4 Å². The lowest BCUT2D eigenvalue weighted by Gasteiger charge is -2.30. The molecule has 0 amide bonds. The van der Waals surface area contributed by atoms with Gasteiger partial charge in [0.15, 0.2) is 0 Å². The highest BCUT2D eigenvalue weighted by Crippen LogP contribution is 2.44. The van der Waals surface area contributed by atoms with Crippen molar-refractivity contribution in [3.63, 3.8) is 0 Å². The summed E-state index contributed by atoms with van der Waals surface area (Å²) in [7, 11) is 3.00. The van der Waals surface area contributed by atoms with Crippen LogP contribution in [-0.4, -0.2) is 66.5 Å². The van der Waals surface area contributed by atoms with Crippen LogP contribution >= 0.6 is 31.9 Å². The maximum Gasteiger partial charge on any atom is 0.0526 e. The average Bonchev–Trinajstić information content (AvgIpc) is 3.40. The molecule has 6 nitrogen and oxygen atoms in total. The zero-order valence-corrected chi connectivity index (χ0v) is 45.5. The summed E-state index contributed by atoms with van der Waals surface area (Å²) < 4.78 is 2.39. The molecular weight excluding hydrogens is 989 g/mol. The van der Waals surface area contributed by atoms with Gasteiger partial charge in [0.25, 0.3) is 0 Å². The molecule has 0 fully saturated rings. The molecule has 0 saturated carbocycles. The molecule has 0 aliphatic carbocycles. The average molecular weight is 1070 g/mol. The van der Waals surface area contributed by atoms with Crippen LogP contribution in [0.5, 0.6) is 0 Å². The topological polar surface area (TPSA) is 73.8 Å². The van der Waals surface area contributed by atoms with E-state index in [-0.39, 0.29) is 14.9 Å². The van der Waals surface area contributed by atoms with Crippen molar-refractivity contribution >= 4 is 114 Å². The summed E-state index contributed by atoms with van der Waals surface area (Å²) in [5.74, 6) is 0. The van der Waals surface area contributed by atoms with Crippen molar-refractivity contribution in [2.75, 3.05) is 81.2 Å². The first-order chi connectivity index (χ1) is 33.3. The van der Waals surface area contributed by atoms with Crippen molar-refractivity contribution in [3.05, 3.63) is 161 Å². The lowest BCUT2D eigenvalue weighted by atomic mass is 9.96. The molecule has 9 aromatic carbocycles. The third-order valence-corrected chi connectivity index (χ3v) is 13.9. The van der Waals surface area contributed by atoms with E-state index in [4.69, 9.17) is 0 Å². The van der Waals surface area contributed by atoms with Gasteiger partial charge in [-0.15, -0.1) is 0 Å². The van der Waals surface area contributed by atoms with Crippen LogP contribution in [0.4, 0.5) is 17.1 Å². The third kappa shape index (κ3) is 14.0. The van der Waals surface area contributed by atoms with Crippen molar-refractivity contribution in [1.82, 2.24) is 5.32 Å². The summed E-state index contributed by atoms with van der Waals surface area (Å²) in [6, 6.07) is 54.2. The van der Waals surface area contributed by atoms with Crippen LogP contribution in [0, 0.1) is 0 Å². The maximum atomic E-state index is 4.50. The number of rotatable bonds is 11. The lowest BCUT2D eigenvalue weighted by Crippen LogP contribution is -2.25. The van der Waals surface area contributed by atoms with Gasteiger partial charge in [-0.25, -0.2) is 0 Å². The SMILES string of the molecule is Brc1c2ccccc2cc2ccccc12.C.C.CCN(CC)c1c2ccccc2c(Br)c2ccccc12.CCN(CC)c1c2ccccc2c(N(CC)CC)c2ccccc12.CCNCC.CN.CN. The number of fused-ring (bicyclic) bond motifs is 6. The van der Waals surface area contributed by atoms with E-state index in [1.807, 2.05) is 0 Å². The second-order valence-electron chi connectivity index (χ2n) is 15.6. The van der Waals surface area contributed by atoms with Crippen LogP contribution in [0.3, 0.4) is 0 Å². The number of hydrogen-bond acceptors (Lipinski definition) is 6. The largest absolute Gasteiger partial charge is 0.371 e. The second-order valence-corrected chi connectivity index (χ2v) is 17.2. The molecule has 0 aliphatic rings. The Hall–Kier alpha value is -5.22. The van der Waals surface area contributed by atoms with Gasteiger partial charge in [-0.3, -0.25) is 0 Å². The van der Waals surface area contributed by atoms with E-state index in [1.54, 1.807) is 0 Å². The number of halogens is 2. The number of nitrogens with zero attached hydrogens (tertiary/aromatic N) is 3. The molecule has 70 heavy (non-hydrogen) atoms. The molecule has 0 saturated heterocycles. The zero-order chi connectivity index (χ0) is 49.6. The Labute approximate surface area is 439 Å². The first kappa shape index (κ1) is 60.9. The standard InChI is InChI=1S/C22H28N2.C18H18BrN.C14H9Br.C4H11N.2CH5N.2CH4/c1-5-23(6-2)21-17-13-9-11-15-19(17)22(24(7-3)8-4)20-16-12-10-14-18(20)21;1-3-20(4-2)18-15-11-7-5-9-13(15)17(19)14-10-6-8-12-16(14)18;15-14-12-7-3-1-5-10(12)9-11-6-2-4-8-13(11)14;1-3-5-4-2;2*1-2;;/h9-16H,5-8H2,1-4H3;5-12H,3-4H2,1-2H3;1-9H;5H,3-4H2,1-2H3;2*2H2,1H3;2*1H4. The van der Waals surface area contributed by atoms with Crippen LogP contribution in [-0.2, 0) is 0 Å². The van der Waals surface area contributed by atoms with E-state index in [2.05, 4.69) is 270 Å². The van der Waals surface area contributed by atoms with Gasteiger partial charge in [-0.05, 0) is 139 Å². The fraction of sp³-hybridized carbons (Fsp3) is 0.323. The molecule has 0 heterocycles. The van der Waals surface area contributed by atoms with Crippen molar-refractivity contribution in [1.29, 1.82) is 0 Å². The van der Waals surface area contributed by atoms with Crippen LogP contribution in [0.15, 0.2) is 161 Å². The summed E-state index contributed by atoms with van der Waals surface area (Å²) in [6.45, 7) is 25.9. The number of anilines is 3. The van der Waals surface area contributed by atoms with E-state index < -0.39 is 0 Å². The molecule has 9 rings (SSSR count). The van der Waals surface area contributed by atoms with Gasteiger partial charge in [0.1, 0.15) is 0 Å². The molecule has 0 unspecified atom stereocenters. The number of nitrogens with two attached hydrogens (primary N) is 2. The zero-order valence-electron chi connectivity index (χ0n) is 42.3. The molecule has 0 spiro atoms. The van der Waals surface area contributed by atoms with Gasteiger partial charge in [0.2, 0.25) is 0 Å². The van der Waals surface area contributed by atoms with E-state index in [9.17, 15) is 0 Å². The molecule has 9 aromatic rings. The lowest BCUT2D eigenvalue weighted by molar-refractivity contribution is 0.762. The monoisotopic (exact) mass is 1070 g/mol. The third-order valence-electron chi connectivity index (χ3n) is 12.2. The Kier molecular flexibility index (Phi) is 27.7. The van der Waals surface area contributed by atoms with Gasteiger partial charge >= 0.3 is 0 Å². The second kappa shape index (κ2) is 31.9. The fourth-order valence-corrected chi connectivity index (χ4v) is 10.4. The first-order valence-corrected chi connectivity index (χ1v) is 26.1. The highest BCUT2D eigenvalue weighted by molar-refractivity contribution is 9.11. The Balaban J connectivity index is 0.000000333. The summed E-state index contributed by atoms with van der Waals surface area (Å²) >= 11 is 7.47. The minimum Gasteiger partial charge on any atom is -0.371 e. The molecular formula is C62H84Br2N6. The molecule has 8 heteroatoms. The fourth-order valence-electron chi connectivity index (χ4n) is 8.98. The quantitative estimate of drug-likeness (QED) is 0.0885. The number of nitrogens with one attached hydrogen (secondary N) is 1. The number of benzene rings is 9. The van der Waals surface area contributed by atoms with Gasteiger partial charge in [0, 0.05) is 80.5 Å². The van der Waals surface area contributed by atoms with E-state index >= 15 is 0 Å². The smallest absolute Gasteiger partial charge is 0.0526 e. The number of hydrogen-bond donors (Lipinski definition) is 3. The van der Waals surface area contributed by atoms with E-state index in [0.29, 0.717) is 0 Å². The minimum atomic E-state index is 0. The van der Waals surface area contributed by atoms with Crippen molar-refractivity contribution < 1.29 is 0 Å². The molecule has 0 aromatic heterocycles. The summed E-state index contributed by atoms with van der Waals surface area (Å²) in [6.07, 6.45) is 0. The molecule has 0 aliphatic heterocycles. The van der Waals surface area contributed by atoms with Gasteiger partial charge in [-0.1, -0.05) is 174 Å². The van der Waals surface area contributed by atoms with Crippen molar-refractivity contribution in [2.45, 2.75) is 70.2 Å². The van der Waals surface area contributed by atoms with Crippen molar-refractivity contribution in [3.8, 4) is 0 Å². The molecule has 0 bridgehead atoms. The summed E-state index contributed by atoms with van der Waals surface area (Å²) in [5.41, 5.74) is 13.1. The predicted molar refractivity (Wildman–Crippen MR) is 328 cm³/mol. The maximum absolute atomic E-state index is 4.50. The van der Waals surface area contributed by atoms with Gasteiger partial charge in [0.05, 0.1) is 17.1 Å². The normalized spacial score (nSPS) is 10.1. The van der Waals surface area contributed by atoms with E-state index in [1.165, 1.54) is 105 Å². The van der Waals surface area contributed by atoms with Crippen LogP contribution < -0.4 is 31.5 Å².